The SMILES string of the molecule is C[C@H](C(=O)NCCN1CCOCC1)N1Cc2ccc(-c3ccnn3C)nc2C1=O. The third kappa shape index (κ3) is 4.01. The first-order chi connectivity index (χ1) is 14.0. The Labute approximate surface area is 169 Å². The molecule has 1 N–H and O–H groups in total. The zero-order chi connectivity index (χ0) is 20.4. The molecule has 0 bridgehead atoms. The summed E-state index contributed by atoms with van der Waals surface area (Å²) in [5.41, 5.74) is 2.79. The quantitative estimate of drug-likeness (QED) is 0.751. The molecule has 2 aromatic rings. The highest BCUT2D eigenvalue weighted by atomic mass is 16.5. The van der Waals surface area contributed by atoms with E-state index in [0.717, 1.165) is 44.1 Å². The number of nitrogens with zero attached hydrogens (tertiary/aromatic N) is 5. The monoisotopic (exact) mass is 398 g/mol. The topological polar surface area (TPSA) is 92.6 Å². The van der Waals surface area contributed by atoms with Crippen molar-refractivity contribution in [1.29, 1.82) is 0 Å². The van der Waals surface area contributed by atoms with Gasteiger partial charge < -0.3 is 15.0 Å². The van der Waals surface area contributed by atoms with Gasteiger partial charge in [-0.2, -0.15) is 5.10 Å². The van der Waals surface area contributed by atoms with Gasteiger partial charge in [0, 0.05) is 51.5 Å². The number of hydrogen-bond donors (Lipinski definition) is 1. The lowest BCUT2D eigenvalue weighted by molar-refractivity contribution is -0.125. The van der Waals surface area contributed by atoms with Crippen LogP contribution in [0.2, 0.25) is 0 Å². The fraction of sp³-hybridized carbons (Fsp3) is 0.500. The number of ether oxygens (including phenoxy) is 1. The molecule has 4 heterocycles. The molecule has 2 amide bonds. The maximum Gasteiger partial charge on any atom is 0.273 e. The van der Waals surface area contributed by atoms with Crippen molar-refractivity contribution in [1.82, 2.24) is 29.9 Å². The molecule has 2 aliphatic heterocycles. The third-order valence-corrected chi connectivity index (χ3v) is 5.54. The predicted octanol–water partition coefficient (Wildman–Crippen LogP) is 0.275. The molecule has 0 spiro atoms. The van der Waals surface area contributed by atoms with Crippen LogP contribution in [0.5, 0.6) is 0 Å². The van der Waals surface area contributed by atoms with Crippen LogP contribution in [0.4, 0.5) is 0 Å². The zero-order valence-electron chi connectivity index (χ0n) is 16.8. The fourth-order valence-corrected chi connectivity index (χ4v) is 3.72. The van der Waals surface area contributed by atoms with Crippen molar-refractivity contribution in [3.05, 3.63) is 35.7 Å². The molecule has 2 aromatic heterocycles. The number of aromatic nitrogens is 3. The summed E-state index contributed by atoms with van der Waals surface area (Å²) in [7, 11) is 1.84. The predicted molar refractivity (Wildman–Crippen MR) is 106 cm³/mol. The van der Waals surface area contributed by atoms with E-state index in [0.29, 0.717) is 24.5 Å². The van der Waals surface area contributed by atoms with Gasteiger partial charge >= 0.3 is 0 Å². The molecule has 29 heavy (non-hydrogen) atoms. The number of carbonyl (C=O) groups is 2. The highest BCUT2D eigenvalue weighted by Crippen LogP contribution is 2.26. The van der Waals surface area contributed by atoms with Crippen molar-refractivity contribution >= 4 is 11.8 Å². The maximum absolute atomic E-state index is 12.9. The molecular formula is C20H26N6O3. The average molecular weight is 398 g/mol. The summed E-state index contributed by atoms with van der Waals surface area (Å²) in [4.78, 5) is 33.9. The van der Waals surface area contributed by atoms with Gasteiger partial charge in [-0.25, -0.2) is 4.98 Å². The second kappa shape index (κ2) is 8.30. The average Bonchev–Trinajstić information content (AvgIpc) is 3.31. The Morgan fingerprint density at radius 2 is 2.07 bits per heavy atom. The van der Waals surface area contributed by atoms with Crippen molar-refractivity contribution < 1.29 is 14.3 Å². The number of amides is 2. The van der Waals surface area contributed by atoms with Crippen LogP contribution in [0, 0.1) is 0 Å². The smallest absolute Gasteiger partial charge is 0.273 e. The van der Waals surface area contributed by atoms with Gasteiger partial charge in [0.2, 0.25) is 5.91 Å². The van der Waals surface area contributed by atoms with Gasteiger partial charge in [-0.1, -0.05) is 6.07 Å². The van der Waals surface area contributed by atoms with Crippen LogP contribution in [0.15, 0.2) is 24.4 Å². The first-order valence-corrected chi connectivity index (χ1v) is 9.91. The van der Waals surface area contributed by atoms with Gasteiger partial charge in [0.1, 0.15) is 11.7 Å². The summed E-state index contributed by atoms with van der Waals surface area (Å²) in [6.07, 6.45) is 1.70. The number of morpholine rings is 1. The molecule has 0 radical (unpaired) electrons. The lowest BCUT2D eigenvalue weighted by Gasteiger charge is -2.27. The van der Waals surface area contributed by atoms with Gasteiger partial charge in [0.25, 0.3) is 5.91 Å². The van der Waals surface area contributed by atoms with Crippen LogP contribution in [0.1, 0.15) is 23.0 Å². The van der Waals surface area contributed by atoms with Crippen LogP contribution in [0.3, 0.4) is 0 Å². The van der Waals surface area contributed by atoms with Crippen LogP contribution in [-0.4, -0.2) is 81.8 Å². The van der Waals surface area contributed by atoms with Crippen molar-refractivity contribution in [2.24, 2.45) is 7.05 Å². The lowest BCUT2D eigenvalue weighted by atomic mass is 10.2. The third-order valence-electron chi connectivity index (χ3n) is 5.54. The molecule has 154 valence electrons. The standard InChI is InChI=1S/C20H26N6O3/c1-14(19(27)21-7-8-25-9-11-29-12-10-25)26-13-15-3-4-16(23-18(15)20(26)28)17-5-6-22-24(17)2/h3-6,14H,7-13H2,1-2H3,(H,21,27)/t14-/m1/s1. The largest absolute Gasteiger partial charge is 0.379 e. The minimum Gasteiger partial charge on any atom is -0.379 e. The summed E-state index contributed by atoms with van der Waals surface area (Å²) in [5.74, 6) is -0.355. The van der Waals surface area contributed by atoms with Gasteiger partial charge in [0.15, 0.2) is 0 Å². The number of fused-ring (bicyclic) bond motifs is 1. The van der Waals surface area contributed by atoms with E-state index in [-0.39, 0.29) is 11.8 Å². The van der Waals surface area contributed by atoms with E-state index in [9.17, 15) is 9.59 Å². The minimum absolute atomic E-state index is 0.147. The van der Waals surface area contributed by atoms with E-state index >= 15 is 0 Å². The molecule has 0 aliphatic carbocycles. The second-order valence-electron chi connectivity index (χ2n) is 7.40. The molecule has 1 saturated heterocycles. The van der Waals surface area contributed by atoms with Gasteiger partial charge in [0.05, 0.1) is 24.6 Å². The number of hydrogen-bond acceptors (Lipinski definition) is 6. The number of pyridine rings is 1. The maximum atomic E-state index is 12.9. The first-order valence-electron chi connectivity index (χ1n) is 9.91. The van der Waals surface area contributed by atoms with Crippen LogP contribution in [-0.2, 0) is 23.1 Å². The van der Waals surface area contributed by atoms with Crippen LogP contribution >= 0.6 is 0 Å². The Hall–Kier alpha value is -2.78. The molecule has 2 aliphatic rings. The summed E-state index contributed by atoms with van der Waals surface area (Å²) >= 11 is 0. The summed E-state index contributed by atoms with van der Waals surface area (Å²) in [6, 6.07) is 5.10. The van der Waals surface area contributed by atoms with Gasteiger partial charge in [-0.3, -0.25) is 19.2 Å². The molecule has 4 rings (SSSR count). The van der Waals surface area contributed by atoms with Gasteiger partial charge in [-0.05, 0) is 19.1 Å². The molecule has 9 heteroatoms. The van der Waals surface area contributed by atoms with Crippen LogP contribution in [0.25, 0.3) is 11.4 Å². The highest BCUT2D eigenvalue weighted by molar-refractivity contribution is 5.99. The van der Waals surface area contributed by atoms with E-state index in [1.165, 1.54) is 0 Å². The van der Waals surface area contributed by atoms with Gasteiger partial charge in [-0.15, -0.1) is 0 Å². The number of nitrogens with one attached hydrogen (secondary N) is 1. The molecule has 1 atom stereocenters. The van der Waals surface area contributed by atoms with E-state index < -0.39 is 6.04 Å². The Morgan fingerprint density at radius 1 is 1.28 bits per heavy atom. The van der Waals surface area contributed by atoms with Crippen LogP contribution < -0.4 is 5.32 Å². The molecular weight excluding hydrogens is 372 g/mol. The van der Waals surface area contributed by atoms with Crippen molar-refractivity contribution in [3.63, 3.8) is 0 Å². The van der Waals surface area contributed by atoms with E-state index in [4.69, 9.17) is 4.74 Å². The lowest BCUT2D eigenvalue weighted by Crippen LogP contribution is -2.48. The Balaban J connectivity index is 1.37. The summed E-state index contributed by atoms with van der Waals surface area (Å²) < 4.78 is 7.05. The Morgan fingerprint density at radius 3 is 2.79 bits per heavy atom. The molecule has 0 aromatic carbocycles. The Bertz CT molecular complexity index is 905. The molecule has 1 fully saturated rings. The molecule has 9 nitrogen and oxygen atoms in total. The number of rotatable bonds is 6. The zero-order valence-corrected chi connectivity index (χ0v) is 16.8. The minimum atomic E-state index is -0.554. The highest BCUT2D eigenvalue weighted by Gasteiger charge is 2.35. The fourth-order valence-electron chi connectivity index (χ4n) is 3.72. The summed E-state index contributed by atoms with van der Waals surface area (Å²) in [6.45, 7) is 6.73. The molecule has 0 saturated carbocycles. The van der Waals surface area contributed by atoms with Crippen molar-refractivity contribution in [3.8, 4) is 11.4 Å². The molecule has 0 unspecified atom stereocenters. The normalized spacial score (nSPS) is 18.0. The van der Waals surface area contributed by atoms with Crippen molar-refractivity contribution in [2.45, 2.75) is 19.5 Å². The number of aryl methyl sites for hydroxylation is 1. The summed E-state index contributed by atoms with van der Waals surface area (Å²) in [5, 5.41) is 7.10. The Kier molecular flexibility index (Phi) is 5.59. The number of carbonyl (C=O) groups excluding carboxylic acids is 2. The second-order valence-corrected chi connectivity index (χ2v) is 7.40. The van der Waals surface area contributed by atoms with E-state index in [1.807, 2.05) is 25.2 Å². The van der Waals surface area contributed by atoms with E-state index in [1.54, 1.807) is 22.7 Å². The first kappa shape index (κ1) is 19.5. The van der Waals surface area contributed by atoms with Crippen molar-refractivity contribution in [2.75, 3.05) is 39.4 Å². The van der Waals surface area contributed by atoms with E-state index in [2.05, 4.69) is 20.3 Å².